The predicted octanol–water partition coefficient (Wildman–Crippen LogP) is 4.09. The van der Waals surface area contributed by atoms with Crippen LogP contribution < -0.4 is 4.90 Å². The van der Waals surface area contributed by atoms with E-state index in [1.165, 1.54) is 22.4 Å². The molecule has 4 rings (SSSR count). The van der Waals surface area contributed by atoms with Crippen LogP contribution in [0.3, 0.4) is 0 Å². The lowest BCUT2D eigenvalue weighted by Crippen LogP contribution is -2.48. The summed E-state index contributed by atoms with van der Waals surface area (Å²) in [4.78, 5) is 2.71. The highest BCUT2D eigenvalue weighted by Gasteiger charge is 2.33. The largest absolute Gasteiger partial charge is 0.356 e. The second-order valence-electron chi connectivity index (χ2n) is 8.11. The number of rotatable bonds is 5. The molecule has 0 saturated carbocycles. The molecule has 0 amide bonds. The van der Waals surface area contributed by atoms with Crippen molar-refractivity contribution in [2.75, 3.05) is 24.7 Å². The van der Waals surface area contributed by atoms with Crippen LogP contribution >= 0.6 is 0 Å². The minimum absolute atomic E-state index is 0.301. The zero-order valence-corrected chi connectivity index (χ0v) is 18.1. The number of sulfonamides is 1. The third-order valence-corrected chi connectivity index (χ3v) is 7.91. The Bertz CT molecular complexity index is 949. The molecule has 0 aliphatic carbocycles. The lowest BCUT2D eigenvalue weighted by Gasteiger charge is -2.41. The highest BCUT2D eigenvalue weighted by molar-refractivity contribution is 7.89. The highest BCUT2D eigenvalue weighted by Crippen LogP contribution is 2.32. The number of ether oxygens (including phenoxy) is 1. The molecule has 29 heavy (non-hydrogen) atoms. The van der Waals surface area contributed by atoms with E-state index in [1.54, 1.807) is 16.4 Å². The van der Waals surface area contributed by atoms with Crippen molar-refractivity contribution in [3.63, 3.8) is 0 Å². The van der Waals surface area contributed by atoms with Crippen LogP contribution in [0, 0.1) is 6.92 Å². The Morgan fingerprint density at radius 3 is 2.48 bits per heavy atom. The average molecular weight is 415 g/mol. The molecule has 0 radical (unpaired) electrons. The minimum Gasteiger partial charge on any atom is -0.356 e. The van der Waals surface area contributed by atoms with Gasteiger partial charge in [0.1, 0.15) is 6.73 Å². The van der Waals surface area contributed by atoms with Crippen molar-refractivity contribution in [1.29, 1.82) is 0 Å². The SMILES string of the molecule is CCCc1ccc(S(=O)(=O)N2CCC(N3COCc4cc(C)ccc43)CC2)cc1. The number of fused-ring (bicyclic) bond motifs is 1. The molecule has 0 atom stereocenters. The van der Waals surface area contributed by atoms with Crippen molar-refractivity contribution in [3.05, 3.63) is 59.2 Å². The number of anilines is 1. The Balaban J connectivity index is 1.44. The lowest BCUT2D eigenvalue weighted by molar-refractivity contribution is 0.0987. The molecule has 0 N–H and O–H groups in total. The van der Waals surface area contributed by atoms with Crippen LogP contribution in [0.15, 0.2) is 47.4 Å². The lowest BCUT2D eigenvalue weighted by atomic mass is 10.0. The number of hydrogen-bond donors (Lipinski definition) is 0. The first-order valence-corrected chi connectivity index (χ1v) is 12.0. The maximum atomic E-state index is 13.1. The fourth-order valence-corrected chi connectivity index (χ4v) is 5.87. The molecule has 2 aromatic rings. The fourth-order valence-electron chi connectivity index (χ4n) is 4.40. The van der Waals surface area contributed by atoms with Crippen LogP contribution in [0.5, 0.6) is 0 Å². The van der Waals surface area contributed by atoms with Crippen LogP contribution in [0.2, 0.25) is 0 Å². The van der Waals surface area contributed by atoms with Gasteiger partial charge in [-0.2, -0.15) is 4.31 Å². The summed E-state index contributed by atoms with van der Waals surface area (Å²) in [5.41, 5.74) is 4.87. The number of aryl methyl sites for hydroxylation is 2. The summed E-state index contributed by atoms with van der Waals surface area (Å²) < 4.78 is 33.6. The smallest absolute Gasteiger partial charge is 0.243 e. The molecule has 6 heteroatoms. The Labute approximate surface area is 174 Å². The molecule has 2 aliphatic heterocycles. The number of hydrogen-bond acceptors (Lipinski definition) is 4. The van der Waals surface area contributed by atoms with E-state index in [4.69, 9.17) is 4.74 Å². The third-order valence-electron chi connectivity index (χ3n) is 6.00. The first kappa shape index (κ1) is 20.4. The summed E-state index contributed by atoms with van der Waals surface area (Å²) in [6, 6.07) is 14.2. The van der Waals surface area contributed by atoms with Gasteiger partial charge in [-0.25, -0.2) is 8.42 Å². The Hall–Kier alpha value is -1.89. The first-order valence-electron chi connectivity index (χ1n) is 10.5. The van der Waals surface area contributed by atoms with Crippen LogP contribution in [0.1, 0.15) is 42.9 Å². The number of piperidine rings is 1. The van der Waals surface area contributed by atoms with Crippen LogP contribution in [-0.2, 0) is 27.8 Å². The average Bonchev–Trinajstić information content (AvgIpc) is 2.74. The zero-order chi connectivity index (χ0) is 20.4. The second kappa shape index (κ2) is 8.46. The van der Waals surface area contributed by atoms with Crippen molar-refractivity contribution in [1.82, 2.24) is 4.31 Å². The summed E-state index contributed by atoms with van der Waals surface area (Å²) in [5, 5.41) is 0. The van der Waals surface area contributed by atoms with Gasteiger partial charge in [0.2, 0.25) is 10.0 Å². The molecule has 0 bridgehead atoms. The van der Waals surface area contributed by atoms with E-state index in [0.717, 1.165) is 25.7 Å². The Kier molecular flexibility index (Phi) is 5.95. The van der Waals surface area contributed by atoms with Crippen molar-refractivity contribution < 1.29 is 13.2 Å². The Morgan fingerprint density at radius 1 is 1.07 bits per heavy atom. The molecule has 2 aromatic carbocycles. The number of nitrogens with zero attached hydrogens (tertiary/aromatic N) is 2. The second-order valence-corrected chi connectivity index (χ2v) is 10.0. The molecule has 0 aromatic heterocycles. The molecule has 5 nitrogen and oxygen atoms in total. The van der Waals surface area contributed by atoms with Crippen molar-refractivity contribution in [3.8, 4) is 0 Å². The maximum absolute atomic E-state index is 13.1. The van der Waals surface area contributed by atoms with E-state index in [9.17, 15) is 8.42 Å². The van der Waals surface area contributed by atoms with Gasteiger partial charge in [0.05, 0.1) is 11.5 Å². The van der Waals surface area contributed by atoms with E-state index >= 15 is 0 Å². The van der Waals surface area contributed by atoms with E-state index in [1.807, 2.05) is 12.1 Å². The van der Waals surface area contributed by atoms with Gasteiger partial charge in [-0.15, -0.1) is 0 Å². The maximum Gasteiger partial charge on any atom is 0.243 e. The number of benzene rings is 2. The normalized spacial score (nSPS) is 18.6. The van der Waals surface area contributed by atoms with Gasteiger partial charge in [-0.05, 0) is 49.9 Å². The van der Waals surface area contributed by atoms with Crippen molar-refractivity contribution in [2.24, 2.45) is 0 Å². The molecular weight excluding hydrogens is 384 g/mol. The molecule has 1 saturated heterocycles. The monoisotopic (exact) mass is 414 g/mol. The van der Waals surface area contributed by atoms with E-state index in [-0.39, 0.29) is 0 Å². The van der Waals surface area contributed by atoms with Gasteiger partial charge in [0, 0.05) is 30.4 Å². The van der Waals surface area contributed by atoms with E-state index < -0.39 is 10.0 Å². The van der Waals surface area contributed by atoms with Gasteiger partial charge < -0.3 is 9.64 Å². The molecule has 156 valence electrons. The fraction of sp³-hybridized carbons (Fsp3) is 0.478. The minimum atomic E-state index is -3.43. The van der Waals surface area contributed by atoms with Gasteiger partial charge in [-0.1, -0.05) is 43.2 Å². The molecule has 2 aliphatic rings. The van der Waals surface area contributed by atoms with Gasteiger partial charge >= 0.3 is 0 Å². The summed E-state index contributed by atoms with van der Waals surface area (Å²) in [7, 11) is -3.43. The summed E-state index contributed by atoms with van der Waals surface area (Å²) in [5.74, 6) is 0. The first-order chi connectivity index (χ1) is 14.0. The summed E-state index contributed by atoms with van der Waals surface area (Å²) in [6.45, 7) is 6.53. The van der Waals surface area contributed by atoms with Gasteiger partial charge in [-0.3, -0.25) is 0 Å². The molecule has 2 heterocycles. The zero-order valence-electron chi connectivity index (χ0n) is 17.3. The van der Waals surface area contributed by atoms with E-state index in [2.05, 4.69) is 36.9 Å². The molecule has 1 fully saturated rings. The molecule has 0 unspecified atom stereocenters. The van der Waals surface area contributed by atoms with E-state index in [0.29, 0.717) is 37.4 Å². The van der Waals surface area contributed by atoms with Crippen LogP contribution in [0.4, 0.5) is 5.69 Å². The highest BCUT2D eigenvalue weighted by atomic mass is 32.2. The topological polar surface area (TPSA) is 49.9 Å². The van der Waals surface area contributed by atoms with Crippen molar-refractivity contribution >= 4 is 15.7 Å². The van der Waals surface area contributed by atoms with Gasteiger partial charge in [0.15, 0.2) is 0 Å². The van der Waals surface area contributed by atoms with Crippen LogP contribution in [-0.4, -0.2) is 38.6 Å². The quantitative estimate of drug-likeness (QED) is 0.739. The van der Waals surface area contributed by atoms with Crippen molar-refractivity contribution in [2.45, 2.75) is 57.1 Å². The summed E-state index contributed by atoms with van der Waals surface area (Å²) in [6.07, 6.45) is 3.65. The Morgan fingerprint density at radius 2 is 1.79 bits per heavy atom. The predicted molar refractivity (Wildman–Crippen MR) is 116 cm³/mol. The third kappa shape index (κ3) is 4.20. The molecule has 0 spiro atoms. The summed E-state index contributed by atoms with van der Waals surface area (Å²) >= 11 is 0. The molecular formula is C23H30N2O3S. The standard InChI is InChI=1S/C23H30N2O3S/c1-3-4-19-6-8-22(9-7-19)29(26,27)24-13-11-21(12-14-24)25-17-28-16-20-15-18(2)5-10-23(20)25/h5-10,15,21H,3-4,11-14,16-17H2,1-2H3. The van der Waals surface area contributed by atoms with Crippen LogP contribution in [0.25, 0.3) is 0 Å². The van der Waals surface area contributed by atoms with Gasteiger partial charge in [0.25, 0.3) is 0 Å².